The molecule has 130 valence electrons. The van der Waals surface area contributed by atoms with Gasteiger partial charge in [0.2, 0.25) is 0 Å². The largest absolute Gasteiger partial charge is 0.456 e. The molecule has 0 spiro atoms. The maximum absolute atomic E-state index is 12.0. The number of furan rings is 1. The van der Waals surface area contributed by atoms with Crippen LogP contribution in [0.3, 0.4) is 0 Å². The monoisotopic (exact) mass is 345 g/mol. The van der Waals surface area contributed by atoms with Gasteiger partial charge in [0, 0.05) is 16.8 Å². The smallest absolute Gasteiger partial charge is 0.412 e. The van der Waals surface area contributed by atoms with Crippen molar-refractivity contribution in [3.63, 3.8) is 0 Å². The zero-order chi connectivity index (χ0) is 17.9. The van der Waals surface area contributed by atoms with Crippen LogP contribution in [-0.4, -0.2) is 12.1 Å². The molecule has 1 atom stereocenters. The maximum Gasteiger partial charge on any atom is 0.412 e. The van der Waals surface area contributed by atoms with Crippen LogP contribution in [0.5, 0.6) is 5.75 Å². The molecule has 4 heteroatoms. The molecule has 26 heavy (non-hydrogen) atoms. The summed E-state index contributed by atoms with van der Waals surface area (Å²) in [5, 5.41) is 5.07. The standard InChI is InChI=1S/C22H19NO3/c1-15(23-22(24)25-17-7-3-2-4-8-17)13-16-11-12-21-19(14-16)18-9-5-6-10-20(18)26-21/h2-12,14-15H,13H2,1H3,(H,23,24)/t15-/m1/s1. The number of para-hydroxylation sites is 2. The highest BCUT2D eigenvalue weighted by atomic mass is 16.6. The van der Waals surface area contributed by atoms with Gasteiger partial charge in [-0.25, -0.2) is 4.79 Å². The minimum absolute atomic E-state index is 0.0539. The molecule has 4 rings (SSSR count). The van der Waals surface area contributed by atoms with Crippen molar-refractivity contribution in [2.45, 2.75) is 19.4 Å². The lowest BCUT2D eigenvalue weighted by Gasteiger charge is -2.14. The number of carbonyl (C=O) groups excluding carboxylic acids is 1. The van der Waals surface area contributed by atoms with E-state index in [1.165, 1.54) is 0 Å². The molecule has 0 aliphatic rings. The van der Waals surface area contributed by atoms with Crippen molar-refractivity contribution < 1.29 is 13.9 Å². The first-order valence-electron chi connectivity index (χ1n) is 8.62. The zero-order valence-corrected chi connectivity index (χ0v) is 14.4. The van der Waals surface area contributed by atoms with E-state index < -0.39 is 6.09 Å². The Morgan fingerprint density at radius 2 is 1.69 bits per heavy atom. The molecule has 4 aromatic rings. The third kappa shape index (κ3) is 3.40. The molecule has 3 aromatic carbocycles. The summed E-state index contributed by atoms with van der Waals surface area (Å²) in [5.41, 5.74) is 2.90. The summed E-state index contributed by atoms with van der Waals surface area (Å²) >= 11 is 0. The molecule has 1 aromatic heterocycles. The molecule has 0 aliphatic heterocycles. The Balaban J connectivity index is 1.46. The number of benzene rings is 3. The average Bonchev–Trinajstić information content (AvgIpc) is 3.00. The SMILES string of the molecule is C[C@H](Cc1ccc2oc3ccccc3c2c1)NC(=O)Oc1ccccc1. The Labute approximate surface area is 151 Å². The minimum atomic E-state index is -0.446. The van der Waals surface area contributed by atoms with Gasteiger partial charge in [0.15, 0.2) is 0 Å². The van der Waals surface area contributed by atoms with E-state index in [1.807, 2.05) is 55.5 Å². The van der Waals surface area contributed by atoms with Gasteiger partial charge < -0.3 is 14.5 Å². The topological polar surface area (TPSA) is 51.5 Å². The Bertz CT molecular complexity index is 1050. The molecule has 4 nitrogen and oxygen atoms in total. The number of fused-ring (bicyclic) bond motifs is 3. The lowest BCUT2D eigenvalue weighted by Crippen LogP contribution is -2.36. The van der Waals surface area contributed by atoms with E-state index in [9.17, 15) is 4.79 Å². The number of nitrogens with one attached hydrogen (secondary N) is 1. The van der Waals surface area contributed by atoms with Crippen molar-refractivity contribution in [2.75, 3.05) is 0 Å². The zero-order valence-electron chi connectivity index (χ0n) is 14.4. The number of amides is 1. The molecule has 0 bridgehead atoms. The Hall–Kier alpha value is -3.27. The first-order chi connectivity index (χ1) is 12.7. The van der Waals surface area contributed by atoms with Crippen LogP contribution in [0.1, 0.15) is 12.5 Å². The molecule has 1 heterocycles. The van der Waals surface area contributed by atoms with Crippen LogP contribution < -0.4 is 10.1 Å². The summed E-state index contributed by atoms with van der Waals surface area (Å²) in [6.45, 7) is 1.96. The fourth-order valence-electron chi connectivity index (χ4n) is 3.13. The van der Waals surface area contributed by atoms with Crippen molar-refractivity contribution in [1.82, 2.24) is 5.32 Å². The summed E-state index contributed by atoms with van der Waals surface area (Å²) in [6, 6.07) is 23.1. The molecular weight excluding hydrogens is 326 g/mol. The second-order valence-corrected chi connectivity index (χ2v) is 6.38. The molecule has 0 saturated heterocycles. The molecule has 1 N–H and O–H groups in total. The third-order valence-corrected chi connectivity index (χ3v) is 4.30. The average molecular weight is 345 g/mol. The van der Waals surface area contributed by atoms with Crippen molar-refractivity contribution in [1.29, 1.82) is 0 Å². The quantitative estimate of drug-likeness (QED) is 0.545. The second kappa shape index (κ2) is 6.92. The van der Waals surface area contributed by atoms with Crippen molar-refractivity contribution in [2.24, 2.45) is 0 Å². The van der Waals surface area contributed by atoms with E-state index >= 15 is 0 Å². The van der Waals surface area contributed by atoms with Gasteiger partial charge in [0.05, 0.1) is 0 Å². The molecule has 0 unspecified atom stereocenters. The molecule has 0 radical (unpaired) electrons. The van der Waals surface area contributed by atoms with Gasteiger partial charge in [-0.15, -0.1) is 0 Å². The highest BCUT2D eigenvalue weighted by Gasteiger charge is 2.12. The van der Waals surface area contributed by atoms with Crippen LogP contribution in [0.15, 0.2) is 77.2 Å². The van der Waals surface area contributed by atoms with Crippen LogP contribution in [0, 0.1) is 0 Å². The molecular formula is C22H19NO3. The highest BCUT2D eigenvalue weighted by molar-refractivity contribution is 6.04. The third-order valence-electron chi connectivity index (χ3n) is 4.30. The fraction of sp³-hybridized carbons (Fsp3) is 0.136. The minimum Gasteiger partial charge on any atom is -0.456 e. The first-order valence-corrected chi connectivity index (χ1v) is 8.62. The maximum atomic E-state index is 12.0. The van der Waals surface area contributed by atoms with Crippen LogP contribution in [0.4, 0.5) is 4.79 Å². The summed E-state index contributed by atoms with van der Waals surface area (Å²) in [6.07, 6.45) is 0.262. The predicted molar refractivity (Wildman–Crippen MR) is 102 cm³/mol. The van der Waals surface area contributed by atoms with Gasteiger partial charge in [-0.05, 0) is 49.2 Å². The van der Waals surface area contributed by atoms with Gasteiger partial charge in [0.1, 0.15) is 16.9 Å². The number of rotatable bonds is 4. The molecule has 0 saturated carbocycles. The van der Waals surface area contributed by atoms with E-state index in [2.05, 4.69) is 17.4 Å². The summed E-state index contributed by atoms with van der Waals surface area (Å²) < 4.78 is 11.1. The molecule has 1 amide bonds. The van der Waals surface area contributed by atoms with E-state index in [0.717, 1.165) is 27.5 Å². The summed E-state index contributed by atoms with van der Waals surface area (Å²) in [5.74, 6) is 0.531. The van der Waals surface area contributed by atoms with Crippen molar-refractivity contribution in [3.05, 3.63) is 78.4 Å². The van der Waals surface area contributed by atoms with Gasteiger partial charge in [-0.3, -0.25) is 0 Å². The first kappa shape index (κ1) is 16.2. The van der Waals surface area contributed by atoms with Crippen LogP contribution in [-0.2, 0) is 6.42 Å². The van der Waals surface area contributed by atoms with Crippen LogP contribution in [0.2, 0.25) is 0 Å². The van der Waals surface area contributed by atoms with Gasteiger partial charge >= 0.3 is 6.09 Å². The van der Waals surface area contributed by atoms with Gasteiger partial charge in [-0.2, -0.15) is 0 Å². The molecule has 0 fully saturated rings. The number of hydrogen-bond donors (Lipinski definition) is 1. The fourth-order valence-corrected chi connectivity index (χ4v) is 3.13. The van der Waals surface area contributed by atoms with Crippen LogP contribution >= 0.6 is 0 Å². The van der Waals surface area contributed by atoms with E-state index in [4.69, 9.17) is 9.15 Å². The van der Waals surface area contributed by atoms with E-state index in [0.29, 0.717) is 12.2 Å². The Morgan fingerprint density at radius 3 is 2.54 bits per heavy atom. The van der Waals surface area contributed by atoms with E-state index in [-0.39, 0.29) is 6.04 Å². The number of ether oxygens (including phenoxy) is 1. The summed E-state index contributed by atoms with van der Waals surface area (Å²) in [7, 11) is 0. The van der Waals surface area contributed by atoms with Gasteiger partial charge in [-0.1, -0.05) is 42.5 Å². The molecule has 0 aliphatic carbocycles. The summed E-state index contributed by atoms with van der Waals surface area (Å²) in [4.78, 5) is 12.0. The second-order valence-electron chi connectivity index (χ2n) is 6.38. The van der Waals surface area contributed by atoms with Crippen LogP contribution in [0.25, 0.3) is 21.9 Å². The number of hydrogen-bond acceptors (Lipinski definition) is 3. The van der Waals surface area contributed by atoms with Crippen molar-refractivity contribution >= 4 is 28.0 Å². The normalized spacial score (nSPS) is 12.2. The Kier molecular flexibility index (Phi) is 4.32. The van der Waals surface area contributed by atoms with Crippen molar-refractivity contribution in [3.8, 4) is 5.75 Å². The van der Waals surface area contributed by atoms with E-state index in [1.54, 1.807) is 12.1 Å². The lowest BCUT2D eigenvalue weighted by molar-refractivity contribution is 0.197. The Morgan fingerprint density at radius 1 is 0.962 bits per heavy atom. The predicted octanol–water partition coefficient (Wildman–Crippen LogP) is 5.31. The van der Waals surface area contributed by atoms with Gasteiger partial charge in [0.25, 0.3) is 0 Å². The number of carbonyl (C=O) groups is 1. The lowest BCUT2D eigenvalue weighted by atomic mass is 10.0. The highest BCUT2D eigenvalue weighted by Crippen LogP contribution is 2.29.